The van der Waals surface area contributed by atoms with Gasteiger partial charge < -0.3 is 4.42 Å². The van der Waals surface area contributed by atoms with Crippen molar-refractivity contribution in [1.29, 1.82) is 0 Å². The van der Waals surface area contributed by atoms with Crippen molar-refractivity contribution in [3.8, 4) is 17.1 Å². The number of aromatic nitrogens is 3. The predicted octanol–water partition coefficient (Wildman–Crippen LogP) is 14.1. The van der Waals surface area contributed by atoms with E-state index in [9.17, 15) is 0 Å². The van der Waals surface area contributed by atoms with Gasteiger partial charge in [-0.25, -0.2) is 9.97 Å². The first kappa shape index (κ1) is 29.8. The molecule has 13 rings (SSSR count). The SMILES string of the molecule is c1ccc2c(c1)ccc1nc(-n3c4ccc5c6ccccc6c6ccccc6c5c4c4ccc5ccccc5c43)c(-c3cccc4oc5ccccc5c34)nc12. The summed E-state index contributed by atoms with van der Waals surface area (Å²) in [6, 6.07) is 62.9. The van der Waals surface area contributed by atoms with Gasteiger partial charge in [0.25, 0.3) is 0 Å². The smallest absolute Gasteiger partial charge is 0.165 e. The van der Waals surface area contributed by atoms with Crippen LogP contribution in [-0.2, 0) is 0 Å². The topological polar surface area (TPSA) is 43.9 Å². The Morgan fingerprint density at radius 3 is 1.77 bits per heavy atom. The van der Waals surface area contributed by atoms with Crippen LogP contribution >= 0.6 is 0 Å². The molecule has 0 bridgehead atoms. The maximum absolute atomic E-state index is 6.47. The lowest BCUT2D eigenvalue weighted by Gasteiger charge is -2.16. The number of nitrogens with zero attached hydrogens (tertiary/aromatic N) is 3. The van der Waals surface area contributed by atoms with Crippen molar-refractivity contribution in [2.24, 2.45) is 0 Å². The van der Waals surface area contributed by atoms with E-state index in [0.717, 1.165) is 77.2 Å². The predicted molar refractivity (Wildman–Crippen MR) is 234 cm³/mol. The molecule has 0 saturated heterocycles. The summed E-state index contributed by atoms with van der Waals surface area (Å²) in [5.41, 5.74) is 7.39. The lowest BCUT2D eigenvalue weighted by Crippen LogP contribution is -2.04. The minimum absolute atomic E-state index is 0.784. The highest BCUT2D eigenvalue weighted by molar-refractivity contribution is 6.36. The van der Waals surface area contributed by atoms with Crippen LogP contribution in [0.4, 0.5) is 0 Å². The molecule has 3 aromatic heterocycles. The molecule has 0 amide bonds. The van der Waals surface area contributed by atoms with E-state index in [-0.39, 0.29) is 0 Å². The highest BCUT2D eigenvalue weighted by Gasteiger charge is 2.25. The van der Waals surface area contributed by atoms with E-state index in [1.807, 2.05) is 12.1 Å². The van der Waals surface area contributed by atoms with Crippen LogP contribution in [0.25, 0.3) is 126 Å². The molecule has 0 fully saturated rings. The van der Waals surface area contributed by atoms with Crippen molar-refractivity contribution in [3.05, 3.63) is 176 Å². The molecule has 0 aliphatic heterocycles. The van der Waals surface area contributed by atoms with Gasteiger partial charge in [0.15, 0.2) is 5.82 Å². The molecule has 0 N–H and O–H groups in total. The second kappa shape index (κ2) is 11.0. The fraction of sp³-hybridized carbons (Fsp3) is 0. The van der Waals surface area contributed by atoms with Crippen LogP contribution in [0.5, 0.6) is 0 Å². The molecule has 0 aliphatic carbocycles. The fourth-order valence-corrected chi connectivity index (χ4v) is 9.57. The van der Waals surface area contributed by atoms with Crippen LogP contribution < -0.4 is 0 Å². The van der Waals surface area contributed by atoms with Crippen LogP contribution in [0.15, 0.2) is 180 Å². The third-order valence-corrected chi connectivity index (χ3v) is 11.9. The first-order valence-electron chi connectivity index (χ1n) is 19.1. The summed E-state index contributed by atoms with van der Waals surface area (Å²) in [4.78, 5) is 11.4. The van der Waals surface area contributed by atoms with E-state index >= 15 is 0 Å². The Bertz CT molecular complexity index is 3800. The van der Waals surface area contributed by atoms with E-state index in [0.29, 0.717) is 0 Å². The Morgan fingerprint density at radius 2 is 0.964 bits per heavy atom. The Morgan fingerprint density at radius 1 is 0.375 bits per heavy atom. The van der Waals surface area contributed by atoms with Crippen molar-refractivity contribution in [2.45, 2.75) is 0 Å². The van der Waals surface area contributed by atoms with Gasteiger partial charge in [-0.1, -0.05) is 152 Å². The van der Waals surface area contributed by atoms with Crippen molar-refractivity contribution in [3.63, 3.8) is 0 Å². The van der Waals surface area contributed by atoms with E-state index in [4.69, 9.17) is 14.4 Å². The summed E-state index contributed by atoms with van der Waals surface area (Å²) >= 11 is 0. The van der Waals surface area contributed by atoms with E-state index in [1.54, 1.807) is 0 Å². The average Bonchev–Trinajstić information content (AvgIpc) is 3.82. The van der Waals surface area contributed by atoms with Gasteiger partial charge in [-0.15, -0.1) is 0 Å². The summed E-state index contributed by atoms with van der Waals surface area (Å²) < 4.78 is 8.87. The molecule has 13 aromatic rings. The largest absolute Gasteiger partial charge is 0.456 e. The van der Waals surface area contributed by atoms with Gasteiger partial charge in [0.1, 0.15) is 16.9 Å². The number of hydrogen-bond acceptors (Lipinski definition) is 3. The summed E-state index contributed by atoms with van der Waals surface area (Å²) in [6.45, 7) is 0. The molecule has 0 aliphatic rings. The number of hydrogen-bond donors (Lipinski definition) is 0. The van der Waals surface area contributed by atoms with Crippen molar-refractivity contribution >= 4 is 109 Å². The second-order valence-corrected chi connectivity index (χ2v) is 14.8. The van der Waals surface area contributed by atoms with Gasteiger partial charge in [-0.05, 0) is 62.0 Å². The van der Waals surface area contributed by atoms with Crippen LogP contribution in [0, 0.1) is 0 Å². The summed E-state index contributed by atoms with van der Waals surface area (Å²) in [5, 5.41) is 16.5. The normalized spacial score (nSPS) is 12.3. The Labute approximate surface area is 319 Å². The molecule has 0 spiro atoms. The van der Waals surface area contributed by atoms with Crippen LogP contribution in [-0.4, -0.2) is 14.5 Å². The molecule has 0 saturated carbocycles. The summed E-state index contributed by atoms with van der Waals surface area (Å²) in [6.07, 6.45) is 0. The van der Waals surface area contributed by atoms with E-state index in [2.05, 4.69) is 168 Å². The maximum Gasteiger partial charge on any atom is 0.165 e. The minimum Gasteiger partial charge on any atom is -0.456 e. The molecule has 0 unspecified atom stereocenters. The molecule has 56 heavy (non-hydrogen) atoms. The first-order valence-corrected chi connectivity index (χ1v) is 19.1. The van der Waals surface area contributed by atoms with Gasteiger partial charge >= 0.3 is 0 Å². The quantitative estimate of drug-likeness (QED) is 0.168. The zero-order valence-electron chi connectivity index (χ0n) is 30.0. The van der Waals surface area contributed by atoms with Crippen LogP contribution in [0.2, 0.25) is 0 Å². The number of rotatable bonds is 2. The van der Waals surface area contributed by atoms with Gasteiger partial charge in [0.05, 0.1) is 22.1 Å². The highest BCUT2D eigenvalue weighted by Crippen LogP contribution is 2.47. The average molecular weight is 712 g/mol. The number of benzene rings is 10. The maximum atomic E-state index is 6.47. The van der Waals surface area contributed by atoms with E-state index < -0.39 is 0 Å². The number of furan rings is 1. The lowest BCUT2D eigenvalue weighted by atomic mass is 9.91. The van der Waals surface area contributed by atoms with Crippen molar-refractivity contribution in [1.82, 2.24) is 14.5 Å². The minimum atomic E-state index is 0.784. The lowest BCUT2D eigenvalue weighted by molar-refractivity contribution is 0.669. The zero-order chi connectivity index (χ0) is 36.5. The standard InChI is InChI=1S/C52H29N3O/c1-3-14-32-30(12-1)25-28-42-49(32)54-50(40-21-11-23-45-46(40)39-20-9-10-22-44(39)56-45)52(53-42)55-43-29-27-38-36-18-6-5-16-34(36)35-17-7-8-19-37(35)47(38)48(43)41-26-24-31-13-2-4-15-33(31)51(41)55/h1-29H. The van der Waals surface area contributed by atoms with Crippen molar-refractivity contribution in [2.75, 3.05) is 0 Å². The fourth-order valence-electron chi connectivity index (χ4n) is 9.57. The molecule has 4 nitrogen and oxygen atoms in total. The van der Waals surface area contributed by atoms with Gasteiger partial charge in [0, 0.05) is 43.3 Å². The molecule has 10 aromatic carbocycles. The number of fused-ring (bicyclic) bond motifs is 18. The summed E-state index contributed by atoms with van der Waals surface area (Å²) in [7, 11) is 0. The Hall–Kier alpha value is -7.56. The third-order valence-electron chi connectivity index (χ3n) is 11.9. The van der Waals surface area contributed by atoms with Crippen LogP contribution in [0.1, 0.15) is 0 Å². The number of para-hydroxylation sites is 1. The second-order valence-electron chi connectivity index (χ2n) is 14.8. The molecule has 0 atom stereocenters. The van der Waals surface area contributed by atoms with Gasteiger partial charge in [0.2, 0.25) is 0 Å². The zero-order valence-corrected chi connectivity index (χ0v) is 30.0. The van der Waals surface area contributed by atoms with E-state index in [1.165, 1.54) is 48.5 Å². The highest BCUT2D eigenvalue weighted by atomic mass is 16.3. The van der Waals surface area contributed by atoms with Crippen LogP contribution in [0.3, 0.4) is 0 Å². The molecule has 4 heteroatoms. The monoisotopic (exact) mass is 711 g/mol. The van der Waals surface area contributed by atoms with Crippen molar-refractivity contribution < 1.29 is 4.42 Å². The molecular formula is C52H29N3O. The summed E-state index contributed by atoms with van der Waals surface area (Å²) in [5.74, 6) is 0.784. The molecular weight excluding hydrogens is 683 g/mol. The van der Waals surface area contributed by atoms with Gasteiger partial charge in [-0.2, -0.15) is 0 Å². The first-order chi connectivity index (χ1) is 27.8. The Balaban J connectivity index is 1.29. The molecule has 258 valence electrons. The third kappa shape index (κ3) is 3.92. The van der Waals surface area contributed by atoms with Gasteiger partial charge in [-0.3, -0.25) is 4.57 Å². The Kier molecular flexibility index (Phi) is 5.86. The molecule has 0 radical (unpaired) electrons. The molecule has 3 heterocycles.